The Balaban J connectivity index is 2.10. The van der Waals surface area contributed by atoms with Gasteiger partial charge < -0.3 is 16.0 Å². The number of carbonyl (C=O) groups is 2. The fourth-order valence-corrected chi connectivity index (χ4v) is 2.07. The summed E-state index contributed by atoms with van der Waals surface area (Å²) in [6.07, 6.45) is 0.344. The lowest BCUT2D eigenvalue weighted by Crippen LogP contribution is -2.34. The molecule has 0 aromatic heterocycles. The van der Waals surface area contributed by atoms with Gasteiger partial charge in [0, 0.05) is 37.2 Å². The normalized spacial score (nSPS) is 15.6. The van der Waals surface area contributed by atoms with E-state index >= 15 is 0 Å². The van der Waals surface area contributed by atoms with Gasteiger partial charge in [0.05, 0.1) is 0 Å². The third-order valence-electron chi connectivity index (χ3n) is 3.02. The molecule has 6 heteroatoms. The van der Waals surface area contributed by atoms with Crippen LogP contribution < -0.4 is 11.1 Å². The third kappa shape index (κ3) is 3.29. The number of hydrogen-bond donors (Lipinski definition) is 2. The number of thiocarbonyl (C=S) groups is 1. The maximum absolute atomic E-state index is 12.3. The Morgan fingerprint density at radius 3 is 2.47 bits per heavy atom. The lowest BCUT2D eigenvalue weighted by Gasteiger charge is -2.19. The molecule has 2 amide bonds. The van der Waals surface area contributed by atoms with Gasteiger partial charge in [0.1, 0.15) is 4.99 Å². The predicted octanol–water partition coefficient (Wildman–Crippen LogP) is 0.283. The molecule has 1 saturated heterocycles. The minimum atomic E-state index is -0.0778. The van der Waals surface area contributed by atoms with Gasteiger partial charge in [-0.3, -0.25) is 9.59 Å². The molecule has 1 aliphatic rings. The first kappa shape index (κ1) is 13.5. The molecule has 0 radical (unpaired) electrons. The Kier molecular flexibility index (Phi) is 4.11. The summed E-state index contributed by atoms with van der Waals surface area (Å²) in [6, 6.07) is 6.88. The summed E-state index contributed by atoms with van der Waals surface area (Å²) < 4.78 is 0. The first-order valence-electron chi connectivity index (χ1n) is 6.04. The van der Waals surface area contributed by atoms with Crippen molar-refractivity contribution in [3.05, 3.63) is 35.4 Å². The molecule has 1 aliphatic heterocycles. The van der Waals surface area contributed by atoms with E-state index in [0.717, 1.165) is 5.56 Å². The highest BCUT2D eigenvalue weighted by molar-refractivity contribution is 7.80. The zero-order valence-corrected chi connectivity index (χ0v) is 11.2. The first-order valence-corrected chi connectivity index (χ1v) is 6.44. The maximum Gasteiger partial charge on any atom is 0.253 e. The first-order chi connectivity index (χ1) is 9.08. The summed E-state index contributed by atoms with van der Waals surface area (Å²) in [5.41, 5.74) is 6.82. The Bertz CT molecular complexity index is 513. The van der Waals surface area contributed by atoms with Crippen molar-refractivity contribution in [1.29, 1.82) is 0 Å². The van der Waals surface area contributed by atoms with Gasteiger partial charge in [-0.2, -0.15) is 0 Å². The molecular weight excluding hydrogens is 262 g/mol. The molecule has 0 saturated carbocycles. The van der Waals surface area contributed by atoms with Crippen molar-refractivity contribution >= 4 is 29.0 Å². The van der Waals surface area contributed by atoms with Crippen LogP contribution in [0, 0.1) is 0 Å². The maximum atomic E-state index is 12.3. The second-order valence-corrected chi connectivity index (χ2v) is 4.77. The van der Waals surface area contributed by atoms with Gasteiger partial charge in [-0.1, -0.05) is 24.4 Å². The highest BCUT2D eigenvalue weighted by Gasteiger charge is 2.19. The molecule has 0 aliphatic carbocycles. The summed E-state index contributed by atoms with van der Waals surface area (Å²) in [4.78, 5) is 25.5. The zero-order valence-electron chi connectivity index (χ0n) is 10.4. The van der Waals surface area contributed by atoms with Crippen LogP contribution in [0.3, 0.4) is 0 Å². The van der Waals surface area contributed by atoms with E-state index in [1.165, 1.54) is 0 Å². The number of hydrogen-bond acceptors (Lipinski definition) is 3. The number of benzene rings is 1. The van der Waals surface area contributed by atoms with E-state index in [-0.39, 0.29) is 11.8 Å². The second kappa shape index (κ2) is 5.79. The summed E-state index contributed by atoms with van der Waals surface area (Å²) in [7, 11) is 0. The number of nitrogens with one attached hydrogen (secondary N) is 1. The molecule has 1 fully saturated rings. The van der Waals surface area contributed by atoms with E-state index in [4.69, 9.17) is 18.0 Å². The SMILES string of the molecule is NC(=S)c1ccc(C(=O)N2CCNC(=O)CC2)cc1. The highest BCUT2D eigenvalue weighted by atomic mass is 32.1. The van der Waals surface area contributed by atoms with E-state index in [9.17, 15) is 9.59 Å². The monoisotopic (exact) mass is 277 g/mol. The Labute approximate surface area is 116 Å². The molecule has 0 spiro atoms. The Hall–Kier alpha value is -1.95. The Morgan fingerprint density at radius 1 is 1.21 bits per heavy atom. The molecule has 0 unspecified atom stereocenters. The summed E-state index contributed by atoms with van der Waals surface area (Å²) >= 11 is 4.86. The predicted molar refractivity (Wildman–Crippen MR) is 75.9 cm³/mol. The van der Waals surface area contributed by atoms with Gasteiger partial charge in [-0.25, -0.2) is 0 Å². The van der Waals surface area contributed by atoms with Crippen molar-refractivity contribution < 1.29 is 9.59 Å². The van der Waals surface area contributed by atoms with Crippen LogP contribution in [0.1, 0.15) is 22.3 Å². The topological polar surface area (TPSA) is 75.4 Å². The molecular formula is C13H15N3O2S. The van der Waals surface area contributed by atoms with Gasteiger partial charge in [-0.15, -0.1) is 0 Å². The lowest BCUT2D eigenvalue weighted by atomic mass is 10.1. The van der Waals surface area contributed by atoms with E-state index in [2.05, 4.69) is 5.32 Å². The van der Waals surface area contributed by atoms with Crippen LogP contribution in [0.5, 0.6) is 0 Å². The average Bonchev–Trinajstić information content (AvgIpc) is 2.63. The van der Waals surface area contributed by atoms with Crippen molar-refractivity contribution in [3.8, 4) is 0 Å². The minimum absolute atomic E-state index is 0.0147. The van der Waals surface area contributed by atoms with Crippen LogP contribution in [0.15, 0.2) is 24.3 Å². The minimum Gasteiger partial charge on any atom is -0.389 e. The molecule has 2 rings (SSSR count). The van der Waals surface area contributed by atoms with Crippen LogP contribution >= 0.6 is 12.2 Å². The van der Waals surface area contributed by atoms with Crippen molar-refractivity contribution in [2.75, 3.05) is 19.6 Å². The van der Waals surface area contributed by atoms with Gasteiger partial charge in [-0.05, 0) is 12.1 Å². The standard InChI is InChI=1S/C13H15N3O2S/c14-12(19)9-1-3-10(4-2-9)13(18)16-7-5-11(17)15-6-8-16/h1-4H,5-8H2,(H2,14,19)(H,15,17). The molecule has 1 aromatic carbocycles. The molecule has 0 bridgehead atoms. The van der Waals surface area contributed by atoms with E-state index in [1.807, 2.05) is 0 Å². The van der Waals surface area contributed by atoms with Crippen molar-refractivity contribution in [3.63, 3.8) is 0 Å². The fraction of sp³-hybridized carbons (Fsp3) is 0.308. The molecule has 3 N–H and O–H groups in total. The molecule has 1 heterocycles. The number of carbonyl (C=O) groups excluding carboxylic acids is 2. The van der Waals surface area contributed by atoms with Gasteiger partial charge in [0.2, 0.25) is 5.91 Å². The van der Waals surface area contributed by atoms with Crippen LogP contribution in [0.25, 0.3) is 0 Å². The number of rotatable bonds is 2. The quantitative estimate of drug-likeness (QED) is 0.762. The summed E-state index contributed by atoms with van der Waals surface area (Å²) in [6.45, 7) is 1.47. The average molecular weight is 277 g/mol. The molecule has 0 atom stereocenters. The smallest absolute Gasteiger partial charge is 0.253 e. The third-order valence-corrected chi connectivity index (χ3v) is 3.25. The van der Waals surface area contributed by atoms with Crippen LogP contribution in [-0.4, -0.2) is 41.3 Å². The van der Waals surface area contributed by atoms with E-state index in [0.29, 0.717) is 36.6 Å². The van der Waals surface area contributed by atoms with Gasteiger partial charge >= 0.3 is 0 Å². The molecule has 100 valence electrons. The van der Waals surface area contributed by atoms with Crippen molar-refractivity contribution in [1.82, 2.24) is 10.2 Å². The van der Waals surface area contributed by atoms with Crippen LogP contribution in [0.2, 0.25) is 0 Å². The summed E-state index contributed by atoms with van der Waals surface area (Å²) in [5, 5.41) is 2.74. The lowest BCUT2D eigenvalue weighted by molar-refractivity contribution is -0.120. The van der Waals surface area contributed by atoms with Crippen molar-refractivity contribution in [2.24, 2.45) is 5.73 Å². The van der Waals surface area contributed by atoms with Crippen molar-refractivity contribution in [2.45, 2.75) is 6.42 Å². The van der Waals surface area contributed by atoms with E-state index in [1.54, 1.807) is 29.2 Å². The number of nitrogens with zero attached hydrogens (tertiary/aromatic N) is 1. The largest absolute Gasteiger partial charge is 0.389 e. The fourth-order valence-electron chi connectivity index (χ4n) is 1.93. The van der Waals surface area contributed by atoms with Crippen LogP contribution in [-0.2, 0) is 4.79 Å². The zero-order chi connectivity index (χ0) is 13.8. The molecule has 5 nitrogen and oxygen atoms in total. The second-order valence-electron chi connectivity index (χ2n) is 4.33. The Morgan fingerprint density at radius 2 is 1.84 bits per heavy atom. The number of amides is 2. The van der Waals surface area contributed by atoms with Gasteiger partial charge in [0.25, 0.3) is 5.91 Å². The number of nitrogens with two attached hydrogens (primary N) is 1. The molecule has 1 aromatic rings. The molecule has 19 heavy (non-hydrogen) atoms. The summed E-state index contributed by atoms with van der Waals surface area (Å²) in [5.74, 6) is -0.0925. The van der Waals surface area contributed by atoms with E-state index < -0.39 is 0 Å². The van der Waals surface area contributed by atoms with Gasteiger partial charge in [0.15, 0.2) is 0 Å². The van der Waals surface area contributed by atoms with Crippen LogP contribution in [0.4, 0.5) is 0 Å². The highest BCUT2D eigenvalue weighted by Crippen LogP contribution is 2.09.